The lowest BCUT2D eigenvalue weighted by molar-refractivity contribution is 0.0963. The lowest BCUT2D eigenvalue weighted by Gasteiger charge is -2.11. The summed E-state index contributed by atoms with van der Waals surface area (Å²) in [7, 11) is 1.63. The Balaban J connectivity index is 1.55. The molecule has 3 N–H and O–H groups in total. The summed E-state index contributed by atoms with van der Waals surface area (Å²) in [6.45, 7) is 3.91. The minimum Gasteiger partial charge on any atom is -0.443 e. The van der Waals surface area contributed by atoms with Crippen molar-refractivity contribution >= 4 is 23.2 Å². The van der Waals surface area contributed by atoms with E-state index in [2.05, 4.69) is 25.9 Å². The Kier molecular flexibility index (Phi) is 7.40. The van der Waals surface area contributed by atoms with Crippen LogP contribution in [-0.2, 0) is 13.0 Å². The molecular formula is C21H25N5O2S. The molecule has 1 amide bonds. The van der Waals surface area contributed by atoms with E-state index in [4.69, 9.17) is 4.42 Å². The standard InChI is InChI=1S/C21H25N5O2S/c1-3-23-21(24-10-9-15-6-4-7-16(12-15)19(27)22-2)25-13-17-14-28-20(26-17)18-8-5-11-29-18/h4-8,11-12,14H,3,9-10,13H2,1-2H3,(H,22,27)(H2,23,24,25). The lowest BCUT2D eigenvalue weighted by atomic mass is 10.1. The first-order valence-corrected chi connectivity index (χ1v) is 10.4. The van der Waals surface area contributed by atoms with Crippen molar-refractivity contribution in [1.29, 1.82) is 0 Å². The van der Waals surface area contributed by atoms with Gasteiger partial charge in [-0.2, -0.15) is 0 Å². The third-order valence-electron chi connectivity index (χ3n) is 4.15. The van der Waals surface area contributed by atoms with E-state index in [9.17, 15) is 4.79 Å². The molecule has 0 radical (unpaired) electrons. The second-order valence-corrected chi connectivity index (χ2v) is 7.22. The lowest BCUT2D eigenvalue weighted by Crippen LogP contribution is -2.38. The van der Waals surface area contributed by atoms with Crippen molar-refractivity contribution in [2.24, 2.45) is 4.99 Å². The zero-order chi connectivity index (χ0) is 20.5. The van der Waals surface area contributed by atoms with E-state index in [-0.39, 0.29) is 5.91 Å². The summed E-state index contributed by atoms with van der Waals surface area (Å²) in [5.74, 6) is 1.26. The van der Waals surface area contributed by atoms with Gasteiger partial charge >= 0.3 is 0 Å². The van der Waals surface area contributed by atoms with Crippen molar-refractivity contribution in [3.63, 3.8) is 0 Å². The first-order chi connectivity index (χ1) is 14.2. The van der Waals surface area contributed by atoms with Gasteiger partial charge in [-0.15, -0.1) is 11.3 Å². The third kappa shape index (κ3) is 5.92. The van der Waals surface area contributed by atoms with Crippen molar-refractivity contribution in [2.45, 2.75) is 19.9 Å². The number of nitrogens with zero attached hydrogens (tertiary/aromatic N) is 2. The van der Waals surface area contributed by atoms with Crippen molar-refractivity contribution in [2.75, 3.05) is 20.1 Å². The Morgan fingerprint density at radius 3 is 2.90 bits per heavy atom. The number of benzene rings is 1. The second kappa shape index (κ2) is 10.4. The summed E-state index contributed by atoms with van der Waals surface area (Å²) < 4.78 is 5.54. The second-order valence-electron chi connectivity index (χ2n) is 6.27. The molecule has 2 aromatic heterocycles. The Morgan fingerprint density at radius 1 is 1.24 bits per heavy atom. The maximum Gasteiger partial charge on any atom is 0.251 e. The van der Waals surface area contributed by atoms with Crippen molar-refractivity contribution < 1.29 is 9.21 Å². The zero-order valence-corrected chi connectivity index (χ0v) is 17.4. The number of aliphatic imine (C=N–C) groups is 1. The molecule has 1 aromatic carbocycles. The van der Waals surface area contributed by atoms with Gasteiger partial charge in [-0.3, -0.25) is 4.79 Å². The summed E-state index contributed by atoms with van der Waals surface area (Å²) in [6, 6.07) is 11.6. The van der Waals surface area contributed by atoms with Gasteiger partial charge in [0.05, 0.1) is 11.4 Å². The third-order valence-corrected chi connectivity index (χ3v) is 5.01. The minimum atomic E-state index is -0.0794. The number of rotatable bonds is 8. The molecule has 3 aromatic rings. The fraction of sp³-hybridized carbons (Fsp3) is 0.286. The number of amides is 1. The van der Waals surface area contributed by atoms with Gasteiger partial charge < -0.3 is 20.4 Å². The van der Waals surface area contributed by atoms with E-state index < -0.39 is 0 Å². The van der Waals surface area contributed by atoms with E-state index in [0.717, 1.165) is 35.1 Å². The minimum absolute atomic E-state index is 0.0794. The number of oxazole rings is 1. The van der Waals surface area contributed by atoms with Crippen molar-refractivity contribution in [3.05, 3.63) is 64.9 Å². The molecular weight excluding hydrogens is 386 g/mol. The SMILES string of the molecule is CCNC(=NCc1coc(-c2cccs2)n1)NCCc1cccc(C(=O)NC)c1. The van der Waals surface area contributed by atoms with Gasteiger partial charge in [-0.1, -0.05) is 18.2 Å². The number of nitrogens with one attached hydrogen (secondary N) is 3. The fourth-order valence-corrected chi connectivity index (χ4v) is 3.39. The summed E-state index contributed by atoms with van der Waals surface area (Å²) in [5, 5.41) is 11.2. The largest absolute Gasteiger partial charge is 0.443 e. The molecule has 0 spiro atoms. The number of carbonyl (C=O) groups excluding carboxylic acids is 1. The maximum atomic E-state index is 11.8. The highest BCUT2D eigenvalue weighted by molar-refractivity contribution is 7.13. The molecule has 7 nitrogen and oxygen atoms in total. The number of aromatic nitrogens is 1. The van der Waals surface area contributed by atoms with E-state index in [1.54, 1.807) is 24.6 Å². The van der Waals surface area contributed by atoms with Crippen LogP contribution < -0.4 is 16.0 Å². The highest BCUT2D eigenvalue weighted by Crippen LogP contribution is 2.23. The average Bonchev–Trinajstić information content (AvgIpc) is 3.43. The molecule has 0 bridgehead atoms. The highest BCUT2D eigenvalue weighted by atomic mass is 32.1. The summed E-state index contributed by atoms with van der Waals surface area (Å²) in [6.07, 6.45) is 2.42. The molecule has 2 heterocycles. The van der Waals surface area contributed by atoms with Crippen LogP contribution in [0.2, 0.25) is 0 Å². The molecule has 0 aliphatic carbocycles. The van der Waals surface area contributed by atoms with Crippen LogP contribution in [-0.4, -0.2) is 37.0 Å². The number of guanidine groups is 1. The van der Waals surface area contributed by atoms with Gasteiger partial charge in [0, 0.05) is 25.7 Å². The molecule has 0 unspecified atom stereocenters. The topological polar surface area (TPSA) is 91.6 Å². The maximum absolute atomic E-state index is 11.8. The van der Waals surface area contributed by atoms with Crippen LogP contribution in [0.15, 0.2) is 57.5 Å². The quantitative estimate of drug-likeness (QED) is 0.391. The van der Waals surface area contributed by atoms with Crippen LogP contribution in [0.3, 0.4) is 0 Å². The van der Waals surface area contributed by atoms with E-state index in [1.165, 1.54) is 0 Å². The smallest absolute Gasteiger partial charge is 0.251 e. The van der Waals surface area contributed by atoms with E-state index in [0.29, 0.717) is 24.5 Å². The normalized spacial score (nSPS) is 11.3. The first kappa shape index (κ1) is 20.6. The predicted molar refractivity (Wildman–Crippen MR) is 116 cm³/mol. The molecule has 0 atom stereocenters. The first-order valence-electron chi connectivity index (χ1n) is 9.51. The fourth-order valence-electron chi connectivity index (χ4n) is 2.73. The molecule has 0 aliphatic rings. The Labute approximate surface area is 174 Å². The number of hydrogen-bond donors (Lipinski definition) is 3. The molecule has 0 aliphatic heterocycles. The zero-order valence-electron chi connectivity index (χ0n) is 16.6. The van der Waals surface area contributed by atoms with Gasteiger partial charge in [0.25, 0.3) is 5.91 Å². The number of thiophene rings is 1. The van der Waals surface area contributed by atoms with Crippen LogP contribution in [0, 0.1) is 0 Å². The van der Waals surface area contributed by atoms with Gasteiger partial charge in [-0.25, -0.2) is 9.98 Å². The van der Waals surface area contributed by atoms with Gasteiger partial charge in [0.2, 0.25) is 5.89 Å². The van der Waals surface area contributed by atoms with Crippen LogP contribution >= 0.6 is 11.3 Å². The molecule has 0 fully saturated rings. The Morgan fingerprint density at radius 2 is 2.14 bits per heavy atom. The van der Waals surface area contributed by atoms with Gasteiger partial charge in [0.15, 0.2) is 5.96 Å². The molecule has 8 heteroatoms. The van der Waals surface area contributed by atoms with E-state index >= 15 is 0 Å². The summed E-state index contributed by atoms with van der Waals surface area (Å²) >= 11 is 1.59. The molecule has 29 heavy (non-hydrogen) atoms. The monoisotopic (exact) mass is 411 g/mol. The molecule has 0 saturated carbocycles. The van der Waals surface area contributed by atoms with Gasteiger partial charge in [-0.05, 0) is 42.5 Å². The van der Waals surface area contributed by atoms with Crippen LogP contribution in [0.1, 0.15) is 28.5 Å². The molecule has 152 valence electrons. The van der Waals surface area contributed by atoms with Crippen LogP contribution in [0.4, 0.5) is 0 Å². The Hall–Kier alpha value is -3.13. The summed E-state index contributed by atoms with van der Waals surface area (Å²) in [5.41, 5.74) is 2.54. The average molecular weight is 412 g/mol. The Bertz CT molecular complexity index is 950. The van der Waals surface area contributed by atoms with Crippen LogP contribution in [0.25, 0.3) is 10.8 Å². The van der Waals surface area contributed by atoms with Crippen molar-refractivity contribution in [3.8, 4) is 10.8 Å². The predicted octanol–water partition coefficient (Wildman–Crippen LogP) is 3.06. The van der Waals surface area contributed by atoms with Crippen molar-refractivity contribution in [1.82, 2.24) is 20.9 Å². The number of hydrogen-bond acceptors (Lipinski definition) is 5. The molecule has 0 saturated heterocycles. The summed E-state index contributed by atoms with van der Waals surface area (Å²) in [4.78, 5) is 21.8. The molecule has 3 rings (SSSR count). The van der Waals surface area contributed by atoms with Crippen LogP contribution in [0.5, 0.6) is 0 Å². The van der Waals surface area contributed by atoms with Gasteiger partial charge in [0.1, 0.15) is 12.0 Å². The highest BCUT2D eigenvalue weighted by Gasteiger charge is 2.08. The number of carbonyl (C=O) groups is 1. The van der Waals surface area contributed by atoms with E-state index in [1.807, 2.05) is 48.7 Å².